The lowest BCUT2D eigenvalue weighted by Crippen LogP contribution is -2.05. The minimum Gasteiger partial charge on any atom is -0.493 e. The fourth-order valence-corrected chi connectivity index (χ4v) is 2.97. The number of rotatable bonds is 6. The van der Waals surface area contributed by atoms with Gasteiger partial charge in [0, 0.05) is 16.5 Å². The molecular formula is C21H18N2O6. The van der Waals surface area contributed by atoms with Crippen molar-refractivity contribution < 1.29 is 27.9 Å². The molecule has 0 radical (unpaired) electrons. The molecule has 2 aromatic carbocycles. The van der Waals surface area contributed by atoms with Crippen LogP contribution in [0.15, 0.2) is 51.4 Å². The van der Waals surface area contributed by atoms with E-state index in [1.807, 2.05) is 25.1 Å². The number of aryl methyl sites for hydroxylation is 1. The topological polar surface area (TPSA) is 96.8 Å². The summed E-state index contributed by atoms with van der Waals surface area (Å²) >= 11 is 0. The second-order valence-electron chi connectivity index (χ2n) is 6.21. The fraction of sp³-hybridized carbons (Fsp3) is 0.190. The summed E-state index contributed by atoms with van der Waals surface area (Å²) < 4.78 is 26.6. The fourth-order valence-electron chi connectivity index (χ4n) is 2.97. The van der Waals surface area contributed by atoms with Gasteiger partial charge in [0.15, 0.2) is 18.1 Å². The number of benzene rings is 2. The average molecular weight is 394 g/mol. The van der Waals surface area contributed by atoms with E-state index in [2.05, 4.69) is 10.1 Å². The Hall–Kier alpha value is -3.81. The lowest BCUT2D eigenvalue weighted by molar-refractivity contribution is 0.0395. The Kier molecular flexibility index (Phi) is 4.90. The number of hydrogen-bond acceptors (Lipinski definition) is 8. The Labute approximate surface area is 166 Å². The number of carbonyl (C=O) groups excluding carboxylic acids is 1. The highest BCUT2D eigenvalue weighted by Crippen LogP contribution is 2.31. The summed E-state index contributed by atoms with van der Waals surface area (Å²) in [7, 11) is 3.10. The molecule has 0 bridgehead atoms. The van der Waals surface area contributed by atoms with Gasteiger partial charge in [0.05, 0.1) is 14.2 Å². The molecule has 2 heterocycles. The van der Waals surface area contributed by atoms with E-state index in [9.17, 15) is 4.79 Å². The highest BCUT2D eigenvalue weighted by atomic mass is 16.6. The summed E-state index contributed by atoms with van der Waals surface area (Å²) in [5.74, 6) is 1.21. The van der Waals surface area contributed by atoms with E-state index in [1.54, 1.807) is 38.5 Å². The molecule has 0 aliphatic heterocycles. The van der Waals surface area contributed by atoms with Crippen molar-refractivity contribution >= 4 is 16.9 Å². The molecule has 0 unspecified atom stereocenters. The smallest absolute Gasteiger partial charge is 0.375 e. The zero-order chi connectivity index (χ0) is 20.4. The lowest BCUT2D eigenvalue weighted by Gasteiger charge is -2.07. The summed E-state index contributed by atoms with van der Waals surface area (Å²) in [6.45, 7) is 1.64. The van der Waals surface area contributed by atoms with Crippen molar-refractivity contribution in [2.45, 2.75) is 13.5 Å². The predicted octanol–water partition coefficient (Wildman–Crippen LogP) is 4.17. The van der Waals surface area contributed by atoms with Gasteiger partial charge in [-0.25, -0.2) is 4.79 Å². The number of hydrogen-bond donors (Lipinski definition) is 0. The highest BCUT2D eigenvalue weighted by Gasteiger charge is 2.20. The number of esters is 1. The summed E-state index contributed by atoms with van der Waals surface area (Å²) in [4.78, 5) is 16.7. The Balaban J connectivity index is 1.48. The van der Waals surface area contributed by atoms with Gasteiger partial charge in [-0.1, -0.05) is 23.4 Å². The standard InChI is InChI=1S/C21H18N2O6/c1-12-14-6-4-5-7-15(14)28-19(12)21(24)27-11-18-22-20(23-29-18)13-8-9-16(25-2)17(10-13)26-3/h4-10H,11H2,1-3H3. The lowest BCUT2D eigenvalue weighted by atomic mass is 10.1. The van der Waals surface area contributed by atoms with E-state index in [1.165, 1.54) is 0 Å². The number of ether oxygens (including phenoxy) is 3. The van der Waals surface area contributed by atoms with Crippen molar-refractivity contribution in [1.29, 1.82) is 0 Å². The van der Waals surface area contributed by atoms with Gasteiger partial charge < -0.3 is 23.2 Å². The molecule has 0 spiro atoms. The number of fused-ring (bicyclic) bond motifs is 1. The first kappa shape index (κ1) is 18.5. The van der Waals surface area contributed by atoms with Crippen molar-refractivity contribution in [2.24, 2.45) is 0 Å². The molecule has 0 amide bonds. The van der Waals surface area contributed by atoms with Gasteiger partial charge >= 0.3 is 5.97 Å². The third-order valence-corrected chi connectivity index (χ3v) is 4.47. The minimum absolute atomic E-state index is 0.158. The summed E-state index contributed by atoms with van der Waals surface area (Å²) in [5, 5.41) is 4.79. The van der Waals surface area contributed by atoms with E-state index in [0.29, 0.717) is 28.5 Å². The first-order chi connectivity index (χ1) is 14.1. The van der Waals surface area contributed by atoms with Gasteiger partial charge in [0.1, 0.15) is 5.58 Å². The Bertz CT molecular complexity index is 1180. The van der Waals surface area contributed by atoms with Crippen molar-refractivity contribution in [3.63, 3.8) is 0 Å². The maximum atomic E-state index is 12.4. The van der Waals surface area contributed by atoms with E-state index in [0.717, 1.165) is 10.9 Å². The molecule has 148 valence electrons. The van der Waals surface area contributed by atoms with Crippen LogP contribution in [0, 0.1) is 6.92 Å². The third kappa shape index (κ3) is 3.52. The molecule has 8 nitrogen and oxygen atoms in total. The van der Waals surface area contributed by atoms with Gasteiger partial charge in [-0.15, -0.1) is 0 Å². The SMILES string of the molecule is COc1ccc(-c2noc(COC(=O)c3oc4ccccc4c3C)n2)cc1OC. The molecular weight excluding hydrogens is 376 g/mol. The molecule has 29 heavy (non-hydrogen) atoms. The van der Waals surface area contributed by atoms with Crippen molar-refractivity contribution in [2.75, 3.05) is 14.2 Å². The second-order valence-corrected chi connectivity index (χ2v) is 6.21. The van der Waals surface area contributed by atoms with Crippen LogP contribution in [0.2, 0.25) is 0 Å². The zero-order valence-electron chi connectivity index (χ0n) is 16.1. The molecule has 0 atom stereocenters. The normalized spacial score (nSPS) is 10.9. The Morgan fingerprint density at radius 2 is 1.86 bits per heavy atom. The van der Waals surface area contributed by atoms with E-state index >= 15 is 0 Å². The molecule has 0 aliphatic carbocycles. The van der Waals surface area contributed by atoms with Crippen LogP contribution in [0.5, 0.6) is 11.5 Å². The number of aromatic nitrogens is 2. The second kappa shape index (κ2) is 7.67. The Morgan fingerprint density at radius 3 is 2.62 bits per heavy atom. The molecule has 8 heteroatoms. The molecule has 4 rings (SSSR count). The van der Waals surface area contributed by atoms with Gasteiger partial charge in [-0.2, -0.15) is 4.98 Å². The van der Waals surface area contributed by atoms with Gasteiger partial charge in [0.2, 0.25) is 11.6 Å². The number of nitrogens with zero attached hydrogens (tertiary/aromatic N) is 2. The van der Waals surface area contributed by atoms with Crippen LogP contribution in [0.1, 0.15) is 22.0 Å². The van der Waals surface area contributed by atoms with Gasteiger partial charge in [-0.3, -0.25) is 0 Å². The van der Waals surface area contributed by atoms with Crippen LogP contribution in [-0.4, -0.2) is 30.3 Å². The van der Waals surface area contributed by atoms with Crippen LogP contribution in [-0.2, 0) is 11.3 Å². The molecule has 2 aromatic heterocycles. The zero-order valence-corrected chi connectivity index (χ0v) is 16.1. The molecule has 0 aliphatic rings. The van der Waals surface area contributed by atoms with Crippen molar-refractivity contribution in [1.82, 2.24) is 10.1 Å². The van der Waals surface area contributed by atoms with Crippen molar-refractivity contribution in [3.8, 4) is 22.9 Å². The Morgan fingerprint density at radius 1 is 1.07 bits per heavy atom. The van der Waals surface area contributed by atoms with E-state index < -0.39 is 5.97 Å². The summed E-state index contributed by atoms with van der Waals surface area (Å²) in [6.07, 6.45) is 0. The first-order valence-electron chi connectivity index (χ1n) is 8.81. The van der Waals surface area contributed by atoms with Crippen LogP contribution >= 0.6 is 0 Å². The first-order valence-corrected chi connectivity index (χ1v) is 8.81. The molecule has 0 saturated heterocycles. The third-order valence-electron chi connectivity index (χ3n) is 4.47. The van der Waals surface area contributed by atoms with E-state index in [4.69, 9.17) is 23.2 Å². The average Bonchev–Trinajstić information content (AvgIpc) is 3.36. The summed E-state index contributed by atoms with van der Waals surface area (Å²) in [6, 6.07) is 12.7. The van der Waals surface area contributed by atoms with Gasteiger partial charge in [-0.05, 0) is 31.2 Å². The van der Waals surface area contributed by atoms with E-state index in [-0.39, 0.29) is 18.3 Å². The number of para-hydroxylation sites is 1. The predicted molar refractivity (Wildman–Crippen MR) is 103 cm³/mol. The maximum absolute atomic E-state index is 12.4. The quantitative estimate of drug-likeness (QED) is 0.450. The summed E-state index contributed by atoms with van der Waals surface area (Å²) in [5.41, 5.74) is 2.03. The molecule has 0 fully saturated rings. The molecule has 0 saturated carbocycles. The van der Waals surface area contributed by atoms with Gasteiger partial charge in [0.25, 0.3) is 5.89 Å². The van der Waals surface area contributed by atoms with Crippen molar-refractivity contribution in [3.05, 3.63) is 59.7 Å². The monoisotopic (exact) mass is 394 g/mol. The number of furan rings is 1. The molecule has 0 N–H and O–H groups in total. The van der Waals surface area contributed by atoms with Crippen LogP contribution in [0.25, 0.3) is 22.4 Å². The number of methoxy groups -OCH3 is 2. The highest BCUT2D eigenvalue weighted by molar-refractivity contribution is 5.95. The van der Waals surface area contributed by atoms with Crippen LogP contribution in [0.3, 0.4) is 0 Å². The van der Waals surface area contributed by atoms with Crippen LogP contribution < -0.4 is 9.47 Å². The van der Waals surface area contributed by atoms with Crippen LogP contribution in [0.4, 0.5) is 0 Å². The maximum Gasteiger partial charge on any atom is 0.375 e. The number of carbonyl (C=O) groups is 1. The molecule has 4 aromatic rings. The largest absolute Gasteiger partial charge is 0.493 e. The minimum atomic E-state index is -0.593.